The summed E-state index contributed by atoms with van der Waals surface area (Å²) >= 11 is 1.31. The standard InChI is InChI=1S/C24H28N4O3S/c1-6-14-28-23(18(4)31-20-13-9-10-16(2)17(20)3)26-27-24(28)32-15-22(29)25-19-11-7-8-12-21(19)30-5/h6-13,18H,1,14-15H2,2-5H3,(H,25,29). The summed E-state index contributed by atoms with van der Waals surface area (Å²) in [6.45, 7) is 10.4. The summed E-state index contributed by atoms with van der Waals surface area (Å²) in [5, 5.41) is 12.1. The van der Waals surface area contributed by atoms with Crippen molar-refractivity contribution in [3.8, 4) is 11.5 Å². The SMILES string of the molecule is C=CCn1c(SCC(=O)Nc2ccccc2OC)nnc1C(C)Oc1cccc(C)c1C. The molecule has 0 saturated carbocycles. The number of carbonyl (C=O) groups excluding carboxylic acids is 1. The van der Waals surface area contributed by atoms with E-state index in [1.807, 2.05) is 42.7 Å². The molecule has 1 atom stereocenters. The minimum Gasteiger partial charge on any atom is -0.495 e. The van der Waals surface area contributed by atoms with Crippen LogP contribution in [0.5, 0.6) is 11.5 Å². The Balaban J connectivity index is 1.70. The fourth-order valence-corrected chi connectivity index (χ4v) is 3.92. The third-order valence-electron chi connectivity index (χ3n) is 4.99. The molecule has 0 aliphatic carbocycles. The molecule has 8 heteroatoms. The van der Waals surface area contributed by atoms with Crippen LogP contribution in [0.1, 0.15) is 30.0 Å². The fourth-order valence-electron chi connectivity index (χ4n) is 3.17. The van der Waals surface area contributed by atoms with Crippen molar-refractivity contribution in [1.29, 1.82) is 0 Å². The largest absolute Gasteiger partial charge is 0.495 e. The van der Waals surface area contributed by atoms with Gasteiger partial charge in [0, 0.05) is 6.54 Å². The first-order valence-electron chi connectivity index (χ1n) is 10.3. The average molecular weight is 453 g/mol. The van der Waals surface area contributed by atoms with E-state index >= 15 is 0 Å². The third kappa shape index (κ3) is 5.50. The molecule has 3 aromatic rings. The van der Waals surface area contributed by atoms with Crippen molar-refractivity contribution >= 4 is 23.4 Å². The lowest BCUT2D eigenvalue weighted by Crippen LogP contribution is -2.16. The Morgan fingerprint density at radius 3 is 2.69 bits per heavy atom. The molecular formula is C24H28N4O3S. The van der Waals surface area contributed by atoms with Crippen molar-refractivity contribution in [2.24, 2.45) is 0 Å². The molecule has 1 aromatic heterocycles. The van der Waals surface area contributed by atoms with E-state index < -0.39 is 0 Å². The third-order valence-corrected chi connectivity index (χ3v) is 5.96. The average Bonchev–Trinajstić information content (AvgIpc) is 3.19. The first-order valence-corrected chi connectivity index (χ1v) is 11.3. The van der Waals surface area contributed by atoms with Crippen LogP contribution in [0.25, 0.3) is 0 Å². The molecule has 0 radical (unpaired) electrons. The van der Waals surface area contributed by atoms with Crippen LogP contribution in [-0.2, 0) is 11.3 Å². The Kier molecular flexibility index (Phi) is 7.94. The van der Waals surface area contributed by atoms with Gasteiger partial charge < -0.3 is 14.8 Å². The lowest BCUT2D eigenvalue weighted by molar-refractivity contribution is -0.113. The van der Waals surface area contributed by atoms with Gasteiger partial charge >= 0.3 is 0 Å². The van der Waals surface area contributed by atoms with E-state index in [2.05, 4.69) is 35.1 Å². The quantitative estimate of drug-likeness (QED) is 0.346. The van der Waals surface area contributed by atoms with Crippen molar-refractivity contribution in [1.82, 2.24) is 14.8 Å². The van der Waals surface area contributed by atoms with Crippen LogP contribution >= 0.6 is 11.8 Å². The highest BCUT2D eigenvalue weighted by atomic mass is 32.2. The molecule has 1 heterocycles. The van der Waals surface area contributed by atoms with Crippen molar-refractivity contribution in [3.63, 3.8) is 0 Å². The fraction of sp³-hybridized carbons (Fsp3) is 0.292. The summed E-state index contributed by atoms with van der Waals surface area (Å²) in [7, 11) is 1.57. The number of aryl methyl sites for hydroxylation is 1. The lowest BCUT2D eigenvalue weighted by Gasteiger charge is -2.18. The van der Waals surface area contributed by atoms with Gasteiger partial charge in [-0.05, 0) is 50.1 Å². The first kappa shape index (κ1) is 23.4. The highest BCUT2D eigenvalue weighted by Gasteiger charge is 2.20. The van der Waals surface area contributed by atoms with Gasteiger partial charge in [-0.1, -0.05) is 42.1 Å². The summed E-state index contributed by atoms with van der Waals surface area (Å²) in [5.41, 5.74) is 2.89. The minimum atomic E-state index is -0.320. The van der Waals surface area contributed by atoms with Crippen molar-refractivity contribution in [2.75, 3.05) is 18.2 Å². The number of aromatic nitrogens is 3. The van der Waals surface area contributed by atoms with Gasteiger partial charge in [0.2, 0.25) is 5.91 Å². The number of nitrogens with one attached hydrogen (secondary N) is 1. The van der Waals surface area contributed by atoms with Crippen molar-refractivity contribution in [3.05, 3.63) is 72.1 Å². The van der Waals surface area contributed by atoms with Crippen LogP contribution in [-0.4, -0.2) is 33.5 Å². The normalized spacial score (nSPS) is 11.6. The molecule has 1 unspecified atom stereocenters. The number of para-hydroxylation sites is 2. The Hall–Kier alpha value is -3.26. The van der Waals surface area contributed by atoms with E-state index in [0.29, 0.717) is 29.0 Å². The number of amides is 1. The van der Waals surface area contributed by atoms with Crippen LogP contribution in [0.15, 0.2) is 60.3 Å². The summed E-state index contributed by atoms with van der Waals surface area (Å²) in [6, 6.07) is 13.3. The van der Waals surface area contributed by atoms with Gasteiger partial charge in [0.15, 0.2) is 17.1 Å². The van der Waals surface area contributed by atoms with Gasteiger partial charge in [0.05, 0.1) is 18.6 Å². The molecule has 32 heavy (non-hydrogen) atoms. The van der Waals surface area contributed by atoms with Gasteiger partial charge in [-0.25, -0.2) is 0 Å². The molecule has 0 aliphatic heterocycles. The number of rotatable bonds is 10. The van der Waals surface area contributed by atoms with E-state index in [9.17, 15) is 4.79 Å². The van der Waals surface area contributed by atoms with E-state index in [4.69, 9.17) is 9.47 Å². The summed E-state index contributed by atoms with van der Waals surface area (Å²) in [4.78, 5) is 12.5. The maximum absolute atomic E-state index is 12.5. The Labute approximate surface area is 192 Å². The topological polar surface area (TPSA) is 78.3 Å². The lowest BCUT2D eigenvalue weighted by atomic mass is 10.1. The molecule has 0 fully saturated rings. The maximum Gasteiger partial charge on any atom is 0.234 e. The second kappa shape index (κ2) is 10.9. The van der Waals surface area contributed by atoms with Gasteiger partial charge in [-0.3, -0.25) is 9.36 Å². The predicted molar refractivity (Wildman–Crippen MR) is 128 cm³/mol. The molecule has 168 valence electrons. The minimum absolute atomic E-state index is 0.158. The van der Waals surface area contributed by atoms with Crippen LogP contribution < -0.4 is 14.8 Å². The van der Waals surface area contributed by atoms with Crippen molar-refractivity contribution < 1.29 is 14.3 Å². The summed E-state index contributed by atoms with van der Waals surface area (Å²) in [6.07, 6.45) is 1.45. The van der Waals surface area contributed by atoms with E-state index in [0.717, 1.165) is 11.3 Å². The van der Waals surface area contributed by atoms with Crippen LogP contribution in [0, 0.1) is 13.8 Å². The molecule has 7 nitrogen and oxygen atoms in total. The Bertz CT molecular complexity index is 1100. The number of nitrogens with zero attached hydrogens (tertiary/aromatic N) is 3. The molecule has 3 rings (SSSR count). The molecule has 0 bridgehead atoms. The number of benzene rings is 2. The second-order valence-electron chi connectivity index (χ2n) is 7.24. The zero-order valence-corrected chi connectivity index (χ0v) is 19.6. The number of allylic oxidation sites excluding steroid dienone is 1. The van der Waals surface area contributed by atoms with E-state index in [1.165, 1.54) is 17.3 Å². The monoisotopic (exact) mass is 452 g/mol. The number of anilines is 1. The molecule has 1 N–H and O–H groups in total. The van der Waals surface area contributed by atoms with E-state index in [1.54, 1.807) is 25.3 Å². The van der Waals surface area contributed by atoms with Gasteiger partial charge in [-0.15, -0.1) is 16.8 Å². The number of hydrogen-bond donors (Lipinski definition) is 1. The first-order chi connectivity index (χ1) is 15.4. The van der Waals surface area contributed by atoms with Crippen LogP contribution in [0.2, 0.25) is 0 Å². The molecular weight excluding hydrogens is 424 g/mol. The molecule has 2 aromatic carbocycles. The number of ether oxygens (including phenoxy) is 2. The molecule has 0 saturated heterocycles. The van der Waals surface area contributed by atoms with Gasteiger partial charge in [-0.2, -0.15) is 0 Å². The highest BCUT2D eigenvalue weighted by Crippen LogP contribution is 2.28. The highest BCUT2D eigenvalue weighted by molar-refractivity contribution is 7.99. The van der Waals surface area contributed by atoms with Gasteiger partial charge in [0.25, 0.3) is 0 Å². The molecule has 0 spiro atoms. The molecule has 1 amide bonds. The van der Waals surface area contributed by atoms with Crippen LogP contribution in [0.4, 0.5) is 5.69 Å². The zero-order chi connectivity index (χ0) is 23.1. The van der Waals surface area contributed by atoms with E-state index in [-0.39, 0.29) is 17.8 Å². The smallest absolute Gasteiger partial charge is 0.234 e. The number of hydrogen-bond acceptors (Lipinski definition) is 6. The number of carbonyl (C=O) groups is 1. The van der Waals surface area contributed by atoms with Crippen LogP contribution in [0.3, 0.4) is 0 Å². The summed E-state index contributed by atoms with van der Waals surface area (Å²) in [5.74, 6) is 2.13. The van der Waals surface area contributed by atoms with Crippen molar-refractivity contribution in [2.45, 2.75) is 38.6 Å². The maximum atomic E-state index is 12.5. The second-order valence-corrected chi connectivity index (χ2v) is 8.18. The number of thioether (sulfide) groups is 1. The Morgan fingerprint density at radius 2 is 1.94 bits per heavy atom. The summed E-state index contributed by atoms with van der Waals surface area (Å²) < 4.78 is 13.4. The number of methoxy groups -OCH3 is 1. The zero-order valence-electron chi connectivity index (χ0n) is 18.8. The van der Waals surface area contributed by atoms with Gasteiger partial charge in [0.1, 0.15) is 11.5 Å². The molecule has 0 aliphatic rings. The Morgan fingerprint density at radius 1 is 1.19 bits per heavy atom. The predicted octanol–water partition coefficient (Wildman–Crippen LogP) is 4.96.